The van der Waals surface area contributed by atoms with Crippen molar-refractivity contribution in [1.29, 1.82) is 0 Å². The molecule has 5 nitrogen and oxygen atoms in total. The average Bonchev–Trinajstić information content (AvgIpc) is 2.73. The van der Waals surface area contributed by atoms with Gasteiger partial charge in [-0.2, -0.15) is 0 Å². The zero-order chi connectivity index (χ0) is 20.6. The van der Waals surface area contributed by atoms with Gasteiger partial charge in [-0.1, -0.05) is 44.5 Å². The molecule has 1 aliphatic heterocycles. The van der Waals surface area contributed by atoms with E-state index in [0.717, 1.165) is 19.6 Å². The van der Waals surface area contributed by atoms with Crippen LogP contribution in [0.4, 0.5) is 5.69 Å². The van der Waals surface area contributed by atoms with Crippen molar-refractivity contribution in [2.24, 2.45) is 5.92 Å². The van der Waals surface area contributed by atoms with Gasteiger partial charge in [-0.25, -0.2) is 0 Å². The highest BCUT2D eigenvalue weighted by Gasteiger charge is 2.15. The molecule has 5 heteroatoms. The molecule has 2 aromatic carbocycles. The monoisotopic (exact) mass is 393 g/mol. The Morgan fingerprint density at radius 3 is 2.31 bits per heavy atom. The van der Waals surface area contributed by atoms with E-state index in [1.54, 1.807) is 18.2 Å². The molecule has 1 fully saturated rings. The summed E-state index contributed by atoms with van der Waals surface area (Å²) >= 11 is 0. The Hall–Kier alpha value is -2.66. The third kappa shape index (κ3) is 6.16. The van der Waals surface area contributed by atoms with Crippen molar-refractivity contribution >= 4 is 17.5 Å². The van der Waals surface area contributed by atoms with Crippen LogP contribution in [0.5, 0.6) is 0 Å². The minimum absolute atomic E-state index is 0.175. The number of para-hydroxylation sites is 1. The first-order chi connectivity index (χ1) is 14.0. The summed E-state index contributed by atoms with van der Waals surface area (Å²) < 4.78 is 0. The maximum Gasteiger partial charge on any atom is 0.255 e. The lowest BCUT2D eigenvalue weighted by atomic mass is 10.1. The van der Waals surface area contributed by atoms with E-state index in [1.807, 2.05) is 44.2 Å². The van der Waals surface area contributed by atoms with Gasteiger partial charge in [0.25, 0.3) is 11.8 Å². The number of rotatable bonds is 7. The van der Waals surface area contributed by atoms with Crippen molar-refractivity contribution < 1.29 is 9.59 Å². The molecule has 0 aliphatic carbocycles. The van der Waals surface area contributed by atoms with Crippen molar-refractivity contribution in [3.8, 4) is 0 Å². The first-order valence-electron chi connectivity index (χ1n) is 10.5. The summed E-state index contributed by atoms with van der Waals surface area (Å²) in [6.07, 6.45) is 3.86. The molecule has 1 aliphatic rings. The molecular formula is C24H31N3O2. The highest BCUT2D eigenvalue weighted by molar-refractivity contribution is 6.09. The smallest absolute Gasteiger partial charge is 0.255 e. The summed E-state index contributed by atoms with van der Waals surface area (Å²) in [4.78, 5) is 27.6. The highest BCUT2D eigenvalue weighted by atomic mass is 16.2. The molecule has 0 saturated carbocycles. The molecular weight excluding hydrogens is 362 g/mol. The number of benzene rings is 2. The fourth-order valence-electron chi connectivity index (χ4n) is 3.51. The molecule has 0 radical (unpaired) electrons. The molecule has 2 N–H and O–H groups in total. The van der Waals surface area contributed by atoms with E-state index in [-0.39, 0.29) is 11.8 Å². The fraction of sp³-hybridized carbons (Fsp3) is 0.417. The fourth-order valence-corrected chi connectivity index (χ4v) is 3.51. The van der Waals surface area contributed by atoms with Gasteiger partial charge in [0.1, 0.15) is 0 Å². The van der Waals surface area contributed by atoms with Gasteiger partial charge < -0.3 is 10.6 Å². The molecule has 0 bridgehead atoms. The van der Waals surface area contributed by atoms with Crippen LogP contribution in [0, 0.1) is 5.92 Å². The van der Waals surface area contributed by atoms with Crippen LogP contribution in [0.15, 0.2) is 48.5 Å². The summed E-state index contributed by atoms with van der Waals surface area (Å²) in [6.45, 7) is 7.92. The second-order valence-electron chi connectivity index (χ2n) is 8.14. The van der Waals surface area contributed by atoms with Gasteiger partial charge in [-0.15, -0.1) is 0 Å². The van der Waals surface area contributed by atoms with Crippen LogP contribution < -0.4 is 10.6 Å². The van der Waals surface area contributed by atoms with Crippen molar-refractivity contribution in [1.82, 2.24) is 10.2 Å². The molecule has 1 heterocycles. The molecule has 2 aromatic rings. The van der Waals surface area contributed by atoms with Crippen LogP contribution in [0.2, 0.25) is 0 Å². The van der Waals surface area contributed by atoms with Gasteiger partial charge in [0, 0.05) is 18.7 Å². The molecule has 2 amide bonds. The topological polar surface area (TPSA) is 61.4 Å². The molecule has 1 saturated heterocycles. The molecule has 0 unspecified atom stereocenters. The maximum atomic E-state index is 12.7. The van der Waals surface area contributed by atoms with E-state index >= 15 is 0 Å². The number of anilines is 1. The zero-order valence-electron chi connectivity index (χ0n) is 17.4. The minimum Gasteiger partial charge on any atom is -0.352 e. The standard InChI is InChI=1S/C24H31N3O2/c1-18(2)16-25-24(29)21-8-4-5-9-22(21)26-23(28)20-12-10-19(11-13-20)17-27-14-6-3-7-15-27/h4-5,8-13,18H,3,6-7,14-17H2,1-2H3,(H,25,29)(H,26,28). The zero-order valence-corrected chi connectivity index (χ0v) is 17.4. The van der Waals surface area contributed by atoms with E-state index in [1.165, 1.54) is 24.8 Å². The number of likely N-dealkylation sites (tertiary alicyclic amines) is 1. The Labute approximate surface area is 173 Å². The van der Waals surface area contributed by atoms with E-state index in [2.05, 4.69) is 15.5 Å². The lowest BCUT2D eigenvalue weighted by Gasteiger charge is -2.26. The van der Waals surface area contributed by atoms with E-state index in [9.17, 15) is 9.59 Å². The van der Waals surface area contributed by atoms with Crippen LogP contribution in [-0.2, 0) is 6.54 Å². The van der Waals surface area contributed by atoms with E-state index in [0.29, 0.717) is 29.3 Å². The number of hydrogen-bond acceptors (Lipinski definition) is 3. The van der Waals surface area contributed by atoms with Crippen LogP contribution in [0.1, 0.15) is 59.4 Å². The lowest BCUT2D eigenvalue weighted by Crippen LogP contribution is -2.29. The molecule has 0 spiro atoms. The van der Waals surface area contributed by atoms with Gasteiger partial charge in [-0.05, 0) is 61.7 Å². The largest absolute Gasteiger partial charge is 0.352 e. The minimum atomic E-state index is -0.210. The SMILES string of the molecule is CC(C)CNC(=O)c1ccccc1NC(=O)c1ccc(CN2CCCCC2)cc1. The van der Waals surface area contributed by atoms with E-state index in [4.69, 9.17) is 0 Å². The molecule has 0 aromatic heterocycles. The number of carbonyl (C=O) groups excluding carboxylic acids is 2. The summed E-state index contributed by atoms with van der Waals surface area (Å²) in [5.74, 6) is -0.0192. The summed E-state index contributed by atoms with van der Waals surface area (Å²) in [5.41, 5.74) is 2.81. The Bertz CT molecular complexity index is 824. The van der Waals surface area contributed by atoms with Crippen LogP contribution >= 0.6 is 0 Å². The van der Waals surface area contributed by atoms with Crippen LogP contribution in [-0.4, -0.2) is 36.3 Å². The number of hydrogen-bond donors (Lipinski definition) is 2. The maximum absolute atomic E-state index is 12.7. The van der Waals surface area contributed by atoms with Crippen molar-refractivity contribution in [3.05, 3.63) is 65.2 Å². The summed E-state index contributed by atoms with van der Waals surface area (Å²) in [5, 5.41) is 5.79. The summed E-state index contributed by atoms with van der Waals surface area (Å²) in [6, 6.07) is 14.9. The number of amides is 2. The second kappa shape index (κ2) is 10.2. The normalized spacial score (nSPS) is 14.6. The summed E-state index contributed by atoms with van der Waals surface area (Å²) in [7, 11) is 0. The molecule has 29 heavy (non-hydrogen) atoms. The Kier molecular flexibility index (Phi) is 7.42. The Morgan fingerprint density at radius 1 is 0.931 bits per heavy atom. The van der Waals surface area contributed by atoms with Gasteiger partial charge >= 0.3 is 0 Å². The predicted molar refractivity (Wildman–Crippen MR) is 117 cm³/mol. The Morgan fingerprint density at radius 2 is 1.62 bits per heavy atom. The molecule has 0 atom stereocenters. The van der Waals surface area contributed by atoms with Crippen molar-refractivity contribution in [2.75, 3.05) is 25.0 Å². The lowest BCUT2D eigenvalue weighted by molar-refractivity contribution is 0.0950. The van der Waals surface area contributed by atoms with Crippen LogP contribution in [0.3, 0.4) is 0 Å². The quantitative estimate of drug-likeness (QED) is 0.737. The molecule has 3 rings (SSSR count). The van der Waals surface area contributed by atoms with Crippen LogP contribution in [0.25, 0.3) is 0 Å². The second-order valence-corrected chi connectivity index (χ2v) is 8.14. The third-order valence-electron chi connectivity index (χ3n) is 5.16. The first kappa shape index (κ1) is 21.1. The van der Waals surface area contributed by atoms with Gasteiger partial charge in [0.2, 0.25) is 0 Å². The van der Waals surface area contributed by atoms with Gasteiger partial charge in [0.05, 0.1) is 11.3 Å². The number of nitrogens with zero attached hydrogens (tertiary/aromatic N) is 1. The highest BCUT2D eigenvalue weighted by Crippen LogP contribution is 2.18. The average molecular weight is 394 g/mol. The van der Waals surface area contributed by atoms with Crippen molar-refractivity contribution in [3.63, 3.8) is 0 Å². The first-order valence-corrected chi connectivity index (χ1v) is 10.5. The van der Waals surface area contributed by atoms with E-state index < -0.39 is 0 Å². The molecule has 154 valence electrons. The predicted octanol–water partition coefficient (Wildman–Crippen LogP) is 4.31. The van der Waals surface area contributed by atoms with Crippen molar-refractivity contribution in [2.45, 2.75) is 39.7 Å². The number of carbonyl (C=O) groups is 2. The third-order valence-corrected chi connectivity index (χ3v) is 5.16. The number of nitrogens with one attached hydrogen (secondary N) is 2. The number of piperidine rings is 1. The van der Waals surface area contributed by atoms with Gasteiger partial charge in [0.15, 0.2) is 0 Å². The van der Waals surface area contributed by atoms with Gasteiger partial charge in [-0.3, -0.25) is 14.5 Å². The Balaban J connectivity index is 1.63.